The average molecular weight is 369 g/mol. The number of halogens is 2. The highest BCUT2D eigenvalue weighted by atomic mass is 35.5. The Hall–Kier alpha value is -1.69. The van der Waals surface area contributed by atoms with E-state index in [1.54, 1.807) is 42.5 Å². The Morgan fingerprint density at radius 1 is 1.00 bits per heavy atom. The summed E-state index contributed by atoms with van der Waals surface area (Å²) in [5.41, 5.74) is 1.23. The van der Waals surface area contributed by atoms with Crippen LogP contribution in [0.1, 0.15) is 6.92 Å². The molecule has 0 aromatic heterocycles. The van der Waals surface area contributed by atoms with Crippen LogP contribution in [0.4, 0.5) is 11.4 Å². The highest BCUT2D eigenvalue weighted by Crippen LogP contribution is 2.33. The highest BCUT2D eigenvalue weighted by Gasteiger charge is 2.10. The Bertz CT molecular complexity index is 718. The van der Waals surface area contributed by atoms with Gasteiger partial charge < -0.3 is 10.6 Å². The number of anilines is 2. The molecular weight excluding hydrogens is 355 g/mol. The van der Waals surface area contributed by atoms with Crippen molar-refractivity contribution in [2.45, 2.75) is 11.8 Å². The van der Waals surface area contributed by atoms with E-state index < -0.39 is 0 Å². The Labute approximate surface area is 148 Å². The molecular formula is C16H14Cl2N2O2S. The number of amides is 2. The second kappa shape index (κ2) is 8.24. The number of thioether (sulfide) groups is 1. The van der Waals surface area contributed by atoms with E-state index >= 15 is 0 Å². The largest absolute Gasteiger partial charge is 0.326 e. The van der Waals surface area contributed by atoms with Gasteiger partial charge in [0.1, 0.15) is 0 Å². The lowest BCUT2D eigenvalue weighted by Crippen LogP contribution is -2.14. The zero-order chi connectivity index (χ0) is 16.8. The van der Waals surface area contributed by atoms with Gasteiger partial charge in [-0.1, -0.05) is 35.3 Å². The first kappa shape index (κ1) is 17.7. The summed E-state index contributed by atoms with van der Waals surface area (Å²) < 4.78 is 0. The third-order valence-electron chi connectivity index (χ3n) is 2.73. The molecule has 2 aromatic rings. The second-order valence-corrected chi connectivity index (χ2v) is 6.45. The summed E-state index contributed by atoms with van der Waals surface area (Å²) in [5.74, 6) is -0.184. The van der Waals surface area contributed by atoms with Crippen LogP contribution in [0.2, 0.25) is 10.0 Å². The molecule has 0 heterocycles. The van der Waals surface area contributed by atoms with Gasteiger partial charge in [0.25, 0.3) is 0 Å². The highest BCUT2D eigenvalue weighted by molar-refractivity contribution is 8.00. The minimum Gasteiger partial charge on any atom is -0.326 e. The fourth-order valence-electron chi connectivity index (χ4n) is 1.83. The van der Waals surface area contributed by atoms with Gasteiger partial charge in [-0.3, -0.25) is 9.59 Å². The van der Waals surface area contributed by atoms with Crippen LogP contribution < -0.4 is 10.6 Å². The van der Waals surface area contributed by atoms with Crippen LogP contribution in [0.25, 0.3) is 0 Å². The van der Waals surface area contributed by atoms with E-state index in [0.717, 1.165) is 0 Å². The Balaban J connectivity index is 1.96. The molecule has 0 atom stereocenters. The number of hydrogen-bond acceptors (Lipinski definition) is 3. The van der Waals surface area contributed by atoms with Crippen molar-refractivity contribution in [1.29, 1.82) is 0 Å². The third-order valence-corrected chi connectivity index (χ3v) is 4.72. The lowest BCUT2D eigenvalue weighted by Gasteiger charge is -2.09. The first-order chi connectivity index (χ1) is 11.0. The van der Waals surface area contributed by atoms with Crippen molar-refractivity contribution in [3.63, 3.8) is 0 Å². The average Bonchev–Trinajstić information content (AvgIpc) is 2.46. The number of carbonyl (C=O) groups excluding carboxylic acids is 2. The predicted octanol–water partition coefficient (Wildman–Crippen LogP) is 4.68. The zero-order valence-electron chi connectivity index (χ0n) is 12.2. The zero-order valence-corrected chi connectivity index (χ0v) is 14.6. The summed E-state index contributed by atoms with van der Waals surface area (Å²) in [6.07, 6.45) is 0. The fourth-order valence-corrected chi connectivity index (χ4v) is 3.32. The monoisotopic (exact) mass is 368 g/mol. The summed E-state index contributed by atoms with van der Waals surface area (Å²) in [6, 6.07) is 12.1. The Morgan fingerprint density at radius 2 is 1.57 bits per heavy atom. The number of hydrogen-bond donors (Lipinski definition) is 2. The fraction of sp³-hybridized carbons (Fsp3) is 0.125. The molecule has 0 aliphatic heterocycles. The van der Waals surface area contributed by atoms with E-state index in [1.807, 2.05) is 0 Å². The molecule has 2 aromatic carbocycles. The van der Waals surface area contributed by atoms with Gasteiger partial charge in [0.05, 0.1) is 15.8 Å². The molecule has 0 aliphatic rings. The van der Waals surface area contributed by atoms with Crippen molar-refractivity contribution < 1.29 is 9.59 Å². The molecule has 0 aliphatic carbocycles. The Kier molecular flexibility index (Phi) is 6.33. The second-order valence-electron chi connectivity index (χ2n) is 4.65. The summed E-state index contributed by atoms with van der Waals surface area (Å²) >= 11 is 13.4. The molecule has 0 saturated carbocycles. The molecule has 23 heavy (non-hydrogen) atoms. The van der Waals surface area contributed by atoms with Crippen LogP contribution in [0, 0.1) is 0 Å². The van der Waals surface area contributed by atoms with E-state index in [-0.39, 0.29) is 17.6 Å². The number of carbonyl (C=O) groups is 2. The van der Waals surface area contributed by atoms with Gasteiger partial charge in [0.2, 0.25) is 11.8 Å². The maximum absolute atomic E-state index is 12.0. The first-order valence-electron chi connectivity index (χ1n) is 6.70. The summed E-state index contributed by atoms with van der Waals surface area (Å²) in [5, 5.41) is 6.46. The number of rotatable bonds is 5. The van der Waals surface area contributed by atoms with Crippen LogP contribution >= 0.6 is 35.0 Å². The van der Waals surface area contributed by atoms with Gasteiger partial charge in [-0.05, 0) is 30.3 Å². The number of benzene rings is 2. The molecule has 2 amide bonds. The predicted molar refractivity (Wildman–Crippen MR) is 96.6 cm³/mol. The summed E-state index contributed by atoms with van der Waals surface area (Å²) in [6.45, 7) is 1.43. The van der Waals surface area contributed by atoms with Gasteiger partial charge in [0, 0.05) is 23.2 Å². The molecule has 0 fully saturated rings. The summed E-state index contributed by atoms with van der Waals surface area (Å²) in [4.78, 5) is 23.8. The quantitative estimate of drug-likeness (QED) is 0.753. The van der Waals surface area contributed by atoms with Crippen LogP contribution in [0.3, 0.4) is 0 Å². The van der Waals surface area contributed by atoms with E-state index in [9.17, 15) is 9.59 Å². The van der Waals surface area contributed by atoms with Crippen LogP contribution in [-0.4, -0.2) is 17.6 Å². The minimum atomic E-state index is -0.189. The van der Waals surface area contributed by atoms with E-state index in [0.29, 0.717) is 26.3 Å². The molecule has 7 heteroatoms. The van der Waals surface area contributed by atoms with E-state index in [4.69, 9.17) is 23.2 Å². The number of nitrogens with one attached hydrogen (secondary N) is 2. The van der Waals surface area contributed by atoms with Gasteiger partial charge in [-0.15, -0.1) is 11.8 Å². The molecule has 0 saturated heterocycles. The van der Waals surface area contributed by atoms with Crippen molar-refractivity contribution in [1.82, 2.24) is 0 Å². The standard InChI is InChI=1S/C16H14Cl2N2O2S/c1-10(21)19-11-4-2-5-12(8-11)20-15(22)9-23-16-13(17)6-3-7-14(16)18/h2-8H,9H2,1H3,(H,19,21)(H,20,22). The maximum Gasteiger partial charge on any atom is 0.234 e. The van der Waals surface area contributed by atoms with Gasteiger partial charge in [0.15, 0.2) is 0 Å². The Morgan fingerprint density at radius 3 is 2.17 bits per heavy atom. The maximum atomic E-state index is 12.0. The molecule has 0 unspecified atom stereocenters. The lowest BCUT2D eigenvalue weighted by molar-refractivity contribution is -0.114. The normalized spacial score (nSPS) is 10.2. The first-order valence-corrected chi connectivity index (χ1v) is 8.44. The minimum absolute atomic E-state index is 0.169. The molecule has 0 spiro atoms. The van der Waals surface area contributed by atoms with Crippen molar-refractivity contribution in [3.8, 4) is 0 Å². The van der Waals surface area contributed by atoms with Gasteiger partial charge >= 0.3 is 0 Å². The molecule has 4 nitrogen and oxygen atoms in total. The van der Waals surface area contributed by atoms with Crippen LogP contribution in [0.15, 0.2) is 47.4 Å². The lowest BCUT2D eigenvalue weighted by atomic mass is 10.2. The van der Waals surface area contributed by atoms with Crippen molar-refractivity contribution in [2.24, 2.45) is 0 Å². The molecule has 0 bridgehead atoms. The molecule has 120 valence electrons. The topological polar surface area (TPSA) is 58.2 Å². The van der Waals surface area contributed by atoms with Gasteiger partial charge in [-0.2, -0.15) is 0 Å². The third kappa shape index (κ3) is 5.46. The van der Waals surface area contributed by atoms with Crippen LogP contribution in [0.5, 0.6) is 0 Å². The van der Waals surface area contributed by atoms with Crippen LogP contribution in [-0.2, 0) is 9.59 Å². The smallest absolute Gasteiger partial charge is 0.234 e. The summed E-state index contributed by atoms with van der Waals surface area (Å²) in [7, 11) is 0. The molecule has 0 radical (unpaired) electrons. The SMILES string of the molecule is CC(=O)Nc1cccc(NC(=O)CSc2c(Cl)cccc2Cl)c1. The molecule has 2 rings (SSSR count). The van der Waals surface area contributed by atoms with Crippen molar-refractivity contribution >= 4 is 58.2 Å². The van der Waals surface area contributed by atoms with E-state index in [2.05, 4.69) is 10.6 Å². The van der Waals surface area contributed by atoms with Gasteiger partial charge in [-0.25, -0.2) is 0 Å². The molecule has 2 N–H and O–H groups in total. The van der Waals surface area contributed by atoms with E-state index in [1.165, 1.54) is 18.7 Å². The van der Waals surface area contributed by atoms with Crippen molar-refractivity contribution in [3.05, 3.63) is 52.5 Å². The van der Waals surface area contributed by atoms with Crippen molar-refractivity contribution in [2.75, 3.05) is 16.4 Å².